The van der Waals surface area contributed by atoms with Crippen LogP contribution in [0, 0.1) is 6.92 Å². The van der Waals surface area contributed by atoms with Crippen LogP contribution in [0.25, 0.3) is 10.9 Å². The van der Waals surface area contributed by atoms with Gasteiger partial charge in [-0.05, 0) is 31.7 Å². The van der Waals surface area contributed by atoms with Crippen molar-refractivity contribution in [1.82, 2.24) is 0 Å². The third-order valence-electron chi connectivity index (χ3n) is 3.38. The van der Waals surface area contributed by atoms with E-state index in [-0.39, 0.29) is 5.75 Å². The Kier molecular flexibility index (Phi) is 5.24. The summed E-state index contributed by atoms with van der Waals surface area (Å²) in [5, 5.41) is 2.31. The number of nitrogens with zero attached hydrogens (tertiary/aromatic N) is 1. The van der Waals surface area contributed by atoms with Crippen molar-refractivity contribution in [2.75, 3.05) is 12.0 Å². The molecule has 0 atom stereocenters. The average molecular weight is 325 g/mol. The standard InChI is InChI=1S/C15H19NO3S2/c1-12-5-7-14-13(11-12)6-8-15(20-2)16(14)9-3-4-10-21(17,18)19/h5-8,11H,3-4,9-10H2,1-2H3. The third-order valence-corrected chi connectivity index (χ3v) is 4.94. The number of aryl methyl sites for hydroxylation is 2. The number of thioether (sulfide) groups is 1. The normalized spacial score (nSPS) is 12.0. The maximum Gasteiger partial charge on any atom is 0.240 e. The molecule has 6 heteroatoms. The summed E-state index contributed by atoms with van der Waals surface area (Å²) in [6.07, 6.45) is 3.09. The lowest BCUT2D eigenvalue weighted by atomic mass is 10.1. The Hall–Kier alpha value is -1.11. The van der Waals surface area contributed by atoms with Crippen LogP contribution in [0.5, 0.6) is 0 Å². The van der Waals surface area contributed by atoms with Crippen LogP contribution >= 0.6 is 11.8 Å². The molecule has 21 heavy (non-hydrogen) atoms. The number of rotatable bonds is 6. The summed E-state index contributed by atoms with van der Waals surface area (Å²) in [6.45, 7) is 2.78. The number of hydrogen-bond acceptors (Lipinski definition) is 4. The van der Waals surface area contributed by atoms with Gasteiger partial charge in [-0.15, -0.1) is 0 Å². The second-order valence-electron chi connectivity index (χ2n) is 5.06. The summed E-state index contributed by atoms with van der Waals surface area (Å²) in [4.78, 5) is 0. The van der Waals surface area contributed by atoms with E-state index in [1.54, 1.807) is 11.8 Å². The molecule has 2 rings (SSSR count). The molecular formula is C15H19NO3S2. The summed E-state index contributed by atoms with van der Waals surface area (Å²) in [5.41, 5.74) is 2.35. The van der Waals surface area contributed by atoms with Gasteiger partial charge in [0.15, 0.2) is 0 Å². The monoisotopic (exact) mass is 325 g/mol. The van der Waals surface area contributed by atoms with Crippen LogP contribution in [0.3, 0.4) is 0 Å². The predicted molar refractivity (Wildman–Crippen MR) is 84.5 cm³/mol. The van der Waals surface area contributed by atoms with Gasteiger partial charge in [0.2, 0.25) is 10.5 Å². The molecule has 0 radical (unpaired) electrons. The summed E-state index contributed by atoms with van der Waals surface area (Å²) in [5.74, 6) is -0.286. The van der Waals surface area contributed by atoms with Crippen molar-refractivity contribution >= 4 is 32.8 Å². The van der Waals surface area contributed by atoms with Gasteiger partial charge in [0, 0.05) is 29.7 Å². The SMILES string of the molecule is CSc1ccc2cc(C)ccc2[n+]1CCCCS(=O)(=O)[O-]. The average Bonchev–Trinajstić information content (AvgIpc) is 2.42. The lowest BCUT2D eigenvalue weighted by molar-refractivity contribution is -0.708. The zero-order valence-corrected chi connectivity index (χ0v) is 13.8. The van der Waals surface area contributed by atoms with Crippen molar-refractivity contribution in [3.63, 3.8) is 0 Å². The molecule has 2 aromatic rings. The zero-order chi connectivity index (χ0) is 15.5. The first-order chi connectivity index (χ1) is 9.90. The summed E-state index contributed by atoms with van der Waals surface area (Å²) in [6, 6.07) is 10.5. The number of pyridine rings is 1. The van der Waals surface area contributed by atoms with Crippen molar-refractivity contribution in [3.8, 4) is 0 Å². The second kappa shape index (κ2) is 6.77. The molecule has 0 aliphatic rings. The molecule has 0 fully saturated rings. The minimum absolute atomic E-state index is 0.286. The highest BCUT2D eigenvalue weighted by Crippen LogP contribution is 2.18. The smallest absolute Gasteiger partial charge is 0.240 e. The van der Waals surface area contributed by atoms with Gasteiger partial charge in [-0.25, -0.2) is 8.42 Å². The van der Waals surface area contributed by atoms with Crippen LogP contribution in [0.1, 0.15) is 18.4 Å². The Morgan fingerprint density at radius 2 is 1.95 bits per heavy atom. The molecule has 0 bridgehead atoms. The van der Waals surface area contributed by atoms with Crippen molar-refractivity contribution in [2.45, 2.75) is 31.3 Å². The Morgan fingerprint density at radius 1 is 1.19 bits per heavy atom. The molecule has 0 spiro atoms. The van der Waals surface area contributed by atoms with E-state index in [0.29, 0.717) is 19.4 Å². The van der Waals surface area contributed by atoms with E-state index in [1.807, 2.05) is 6.26 Å². The lowest BCUT2D eigenvalue weighted by Gasteiger charge is -2.08. The number of hydrogen-bond donors (Lipinski definition) is 0. The fourth-order valence-electron chi connectivity index (χ4n) is 2.38. The molecule has 1 heterocycles. The van der Waals surface area contributed by atoms with Crippen LogP contribution in [-0.2, 0) is 16.7 Å². The number of aromatic nitrogens is 1. The molecule has 4 nitrogen and oxygen atoms in total. The third kappa shape index (κ3) is 4.43. The van der Waals surface area contributed by atoms with E-state index in [9.17, 15) is 13.0 Å². The molecule has 0 aliphatic heterocycles. The van der Waals surface area contributed by atoms with Gasteiger partial charge in [-0.2, -0.15) is 4.57 Å². The molecule has 0 saturated heterocycles. The lowest BCUT2D eigenvalue weighted by Crippen LogP contribution is -2.37. The Morgan fingerprint density at radius 3 is 2.62 bits per heavy atom. The Bertz CT molecular complexity index is 742. The number of unbranched alkanes of at least 4 members (excludes halogenated alkanes) is 1. The highest BCUT2D eigenvalue weighted by molar-refractivity contribution is 7.98. The van der Waals surface area contributed by atoms with Gasteiger partial charge in [0.25, 0.3) is 0 Å². The largest absolute Gasteiger partial charge is 0.748 e. The Labute approximate surface area is 129 Å². The molecule has 114 valence electrons. The molecule has 0 N–H and O–H groups in total. The number of benzene rings is 1. The maximum absolute atomic E-state index is 10.6. The second-order valence-corrected chi connectivity index (χ2v) is 7.41. The van der Waals surface area contributed by atoms with E-state index in [2.05, 4.69) is 41.8 Å². The van der Waals surface area contributed by atoms with Crippen LogP contribution in [0.4, 0.5) is 0 Å². The predicted octanol–water partition coefficient (Wildman–Crippen LogP) is 2.48. The molecule has 0 aliphatic carbocycles. The first-order valence-corrected chi connectivity index (χ1v) is 9.62. The minimum atomic E-state index is -4.11. The van der Waals surface area contributed by atoms with Gasteiger partial charge in [0.1, 0.15) is 6.54 Å². The van der Waals surface area contributed by atoms with Gasteiger partial charge in [-0.1, -0.05) is 23.4 Å². The summed E-state index contributed by atoms with van der Waals surface area (Å²) in [7, 11) is -4.11. The number of fused-ring (bicyclic) bond motifs is 1. The molecular weight excluding hydrogens is 306 g/mol. The van der Waals surface area contributed by atoms with Gasteiger partial charge in [0.05, 0.1) is 10.1 Å². The maximum atomic E-state index is 10.6. The van der Waals surface area contributed by atoms with Crippen LogP contribution in [0.15, 0.2) is 35.4 Å². The van der Waals surface area contributed by atoms with Crippen molar-refractivity contribution in [2.24, 2.45) is 0 Å². The molecule has 0 saturated carbocycles. The molecule has 0 unspecified atom stereocenters. The van der Waals surface area contributed by atoms with Gasteiger partial charge in [-0.3, -0.25) is 0 Å². The summed E-state index contributed by atoms with van der Waals surface area (Å²) < 4.78 is 34.1. The Balaban J connectivity index is 2.24. The van der Waals surface area contributed by atoms with Crippen molar-refractivity contribution in [1.29, 1.82) is 0 Å². The van der Waals surface area contributed by atoms with Gasteiger partial charge < -0.3 is 4.55 Å². The quantitative estimate of drug-likeness (QED) is 0.354. The summed E-state index contributed by atoms with van der Waals surface area (Å²) >= 11 is 1.66. The first kappa shape index (κ1) is 16.3. The molecule has 1 aromatic carbocycles. The van der Waals surface area contributed by atoms with Crippen LogP contribution < -0.4 is 4.57 Å². The van der Waals surface area contributed by atoms with E-state index < -0.39 is 10.1 Å². The van der Waals surface area contributed by atoms with E-state index in [1.165, 1.54) is 10.9 Å². The van der Waals surface area contributed by atoms with Crippen LogP contribution in [-0.4, -0.2) is 25.0 Å². The topological polar surface area (TPSA) is 61.1 Å². The molecule has 0 amide bonds. The zero-order valence-electron chi connectivity index (χ0n) is 12.2. The highest BCUT2D eigenvalue weighted by atomic mass is 32.2. The fraction of sp³-hybridized carbons (Fsp3) is 0.400. The highest BCUT2D eigenvalue weighted by Gasteiger charge is 2.14. The van der Waals surface area contributed by atoms with Gasteiger partial charge >= 0.3 is 0 Å². The van der Waals surface area contributed by atoms with E-state index in [4.69, 9.17) is 0 Å². The van der Waals surface area contributed by atoms with Crippen molar-refractivity contribution in [3.05, 3.63) is 35.9 Å². The minimum Gasteiger partial charge on any atom is -0.748 e. The first-order valence-electron chi connectivity index (χ1n) is 6.81. The van der Waals surface area contributed by atoms with E-state index in [0.717, 1.165) is 10.5 Å². The van der Waals surface area contributed by atoms with E-state index >= 15 is 0 Å². The van der Waals surface area contributed by atoms with Crippen molar-refractivity contribution < 1.29 is 17.5 Å². The molecule has 1 aromatic heterocycles. The fourth-order valence-corrected chi connectivity index (χ4v) is 3.55. The van der Waals surface area contributed by atoms with Crippen LogP contribution in [0.2, 0.25) is 0 Å².